The highest BCUT2D eigenvalue weighted by Crippen LogP contribution is 2.25. The predicted octanol–water partition coefficient (Wildman–Crippen LogP) is 2.47. The monoisotopic (exact) mass is 336 g/mol. The van der Waals surface area contributed by atoms with Crippen molar-refractivity contribution < 1.29 is 9.53 Å². The van der Waals surface area contributed by atoms with Crippen molar-refractivity contribution in [1.82, 2.24) is 14.9 Å². The Balaban J connectivity index is 1.38. The van der Waals surface area contributed by atoms with Gasteiger partial charge in [-0.3, -0.25) is 4.79 Å². The van der Waals surface area contributed by atoms with Crippen LogP contribution in [0.15, 0.2) is 42.6 Å². The number of fused-ring (bicyclic) bond motifs is 1. The summed E-state index contributed by atoms with van der Waals surface area (Å²) in [7, 11) is 0. The van der Waals surface area contributed by atoms with Crippen LogP contribution < -0.4 is 4.74 Å². The van der Waals surface area contributed by atoms with Gasteiger partial charge < -0.3 is 9.64 Å². The summed E-state index contributed by atoms with van der Waals surface area (Å²) in [6.07, 6.45) is 1.39. The molecule has 0 aliphatic carbocycles. The van der Waals surface area contributed by atoms with Gasteiger partial charge in [-0.05, 0) is 18.2 Å². The number of aromatic nitrogens is 2. The largest absolute Gasteiger partial charge is 0.471 e. The third-order valence-corrected chi connectivity index (χ3v) is 4.79. The molecule has 0 radical (unpaired) electrons. The number of pyridine rings is 1. The van der Waals surface area contributed by atoms with Crippen LogP contribution in [0.3, 0.4) is 0 Å². The second-order valence-corrected chi connectivity index (χ2v) is 6.46. The van der Waals surface area contributed by atoms with E-state index >= 15 is 0 Å². The average molecular weight is 336 g/mol. The molecule has 4 rings (SSSR count). The molecule has 118 valence electrons. The minimum Gasteiger partial charge on any atom is -0.471 e. The summed E-state index contributed by atoms with van der Waals surface area (Å²) in [5.41, 5.74) is 1.34. The van der Waals surface area contributed by atoms with Crippen molar-refractivity contribution in [2.45, 2.75) is 6.10 Å². The lowest BCUT2D eigenvalue weighted by Crippen LogP contribution is -2.56. The lowest BCUT2D eigenvalue weighted by Gasteiger charge is -2.38. The molecule has 1 aliphatic heterocycles. The third kappa shape index (κ3) is 2.68. The van der Waals surface area contributed by atoms with Crippen molar-refractivity contribution in [3.8, 4) is 11.9 Å². The van der Waals surface area contributed by atoms with Crippen molar-refractivity contribution in [2.24, 2.45) is 0 Å². The number of ether oxygens (including phenoxy) is 1. The number of carbonyl (C=O) groups excluding carboxylic acids is 1. The average Bonchev–Trinajstić information content (AvgIpc) is 3.02. The summed E-state index contributed by atoms with van der Waals surface area (Å²) in [5, 5.41) is 9.25. The van der Waals surface area contributed by atoms with Crippen LogP contribution in [0.1, 0.15) is 15.4 Å². The summed E-state index contributed by atoms with van der Waals surface area (Å²) >= 11 is 1.41. The van der Waals surface area contributed by atoms with Gasteiger partial charge in [-0.15, -0.1) is 11.3 Å². The second-order valence-electron chi connectivity index (χ2n) is 5.43. The summed E-state index contributed by atoms with van der Waals surface area (Å²) in [4.78, 5) is 22.6. The molecule has 0 atom stereocenters. The van der Waals surface area contributed by atoms with Crippen molar-refractivity contribution in [2.75, 3.05) is 13.1 Å². The Hall–Kier alpha value is -2.98. The molecule has 7 heteroatoms. The highest BCUT2D eigenvalue weighted by molar-refractivity contribution is 7.20. The van der Waals surface area contributed by atoms with Gasteiger partial charge in [0.15, 0.2) is 5.01 Å². The number of benzene rings is 1. The molecule has 1 amide bonds. The fraction of sp³-hybridized carbons (Fsp3) is 0.176. The van der Waals surface area contributed by atoms with Crippen LogP contribution in [0, 0.1) is 11.3 Å². The Labute approximate surface area is 141 Å². The van der Waals surface area contributed by atoms with E-state index < -0.39 is 0 Å². The molecule has 3 aromatic rings. The quantitative estimate of drug-likeness (QED) is 0.734. The van der Waals surface area contributed by atoms with Crippen LogP contribution in [0.5, 0.6) is 5.88 Å². The van der Waals surface area contributed by atoms with Gasteiger partial charge in [0.1, 0.15) is 12.2 Å². The SMILES string of the molecule is N#Cc1ccc(OC2CN(C(=O)c3nc4ccccc4s3)C2)nc1. The summed E-state index contributed by atoms with van der Waals surface area (Å²) < 4.78 is 6.70. The molecule has 1 aliphatic rings. The van der Waals surface area contributed by atoms with Gasteiger partial charge in [-0.2, -0.15) is 5.26 Å². The zero-order valence-electron chi connectivity index (χ0n) is 12.5. The number of thiazole rings is 1. The summed E-state index contributed by atoms with van der Waals surface area (Å²) in [6.45, 7) is 1.02. The Kier molecular flexibility index (Phi) is 3.59. The van der Waals surface area contributed by atoms with E-state index in [9.17, 15) is 4.79 Å². The number of hydrogen-bond donors (Lipinski definition) is 0. The molecule has 0 unspecified atom stereocenters. The van der Waals surface area contributed by atoms with Gasteiger partial charge in [0.25, 0.3) is 5.91 Å². The highest BCUT2D eigenvalue weighted by atomic mass is 32.1. The van der Waals surface area contributed by atoms with Gasteiger partial charge in [-0.25, -0.2) is 9.97 Å². The fourth-order valence-corrected chi connectivity index (χ4v) is 3.40. The van der Waals surface area contributed by atoms with Crippen LogP contribution in [0.25, 0.3) is 10.2 Å². The van der Waals surface area contributed by atoms with Crippen molar-refractivity contribution in [1.29, 1.82) is 5.26 Å². The number of para-hydroxylation sites is 1. The van der Waals surface area contributed by atoms with Crippen molar-refractivity contribution >= 4 is 27.5 Å². The topological polar surface area (TPSA) is 79.1 Å². The zero-order valence-corrected chi connectivity index (χ0v) is 13.4. The van der Waals surface area contributed by atoms with E-state index in [1.165, 1.54) is 17.5 Å². The Morgan fingerprint density at radius 3 is 2.83 bits per heavy atom. The van der Waals surface area contributed by atoms with E-state index in [-0.39, 0.29) is 12.0 Å². The second kappa shape index (κ2) is 5.91. The van der Waals surface area contributed by atoms with Gasteiger partial charge >= 0.3 is 0 Å². The zero-order chi connectivity index (χ0) is 16.5. The molecule has 1 saturated heterocycles. The minimum absolute atomic E-state index is 0.0659. The number of nitriles is 1. The molecule has 0 N–H and O–H groups in total. The van der Waals surface area contributed by atoms with Gasteiger partial charge in [-0.1, -0.05) is 12.1 Å². The predicted molar refractivity (Wildman–Crippen MR) is 88.9 cm³/mol. The van der Waals surface area contributed by atoms with E-state index in [2.05, 4.69) is 9.97 Å². The molecule has 2 aromatic heterocycles. The number of likely N-dealkylation sites (tertiary alicyclic amines) is 1. The smallest absolute Gasteiger partial charge is 0.283 e. The number of nitrogens with zero attached hydrogens (tertiary/aromatic N) is 4. The minimum atomic E-state index is -0.0798. The first-order valence-electron chi connectivity index (χ1n) is 7.40. The molecule has 3 heterocycles. The van der Waals surface area contributed by atoms with Crippen LogP contribution in [-0.4, -0.2) is 40.0 Å². The molecular formula is C17H12N4O2S. The Bertz CT molecular complexity index is 906. The maximum atomic E-state index is 12.4. The first kappa shape index (κ1) is 14.6. The van der Waals surface area contributed by atoms with E-state index in [4.69, 9.17) is 10.00 Å². The molecular weight excluding hydrogens is 324 g/mol. The normalized spacial score (nSPS) is 14.2. The fourth-order valence-electron chi connectivity index (χ4n) is 2.46. The Morgan fingerprint density at radius 1 is 1.29 bits per heavy atom. The first-order chi connectivity index (χ1) is 11.7. The lowest BCUT2D eigenvalue weighted by molar-refractivity contribution is 0.0160. The maximum absolute atomic E-state index is 12.4. The standard InChI is InChI=1S/C17H12N4O2S/c18-7-11-5-6-15(19-8-11)23-12-9-21(10-12)17(22)16-20-13-3-1-2-4-14(13)24-16/h1-6,8,12H,9-10H2. The van der Waals surface area contributed by atoms with Crippen LogP contribution in [0.2, 0.25) is 0 Å². The summed E-state index contributed by atoms with van der Waals surface area (Å²) in [5.74, 6) is 0.398. The molecule has 0 spiro atoms. The first-order valence-corrected chi connectivity index (χ1v) is 8.22. The highest BCUT2D eigenvalue weighted by Gasteiger charge is 2.34. The molecule has 1 fully saturated rings. The molecule has 0 saturated carbocycles. The summed E-state index contributed by atoms with van der Waals surface area (Å²) in [6, 6.07) is 13.0. The number of amides is 1. The Morgan fingerprint density at radius 2 is 2.12 bits per heavy atom. The van der Waals surface area contributed by atoms with Crippen LogP contribution in [0.4, 0.5) is 0 Å². The van der Waals surface area contributed by atoms with Crippen LogP contribution >= 0.6 is 11.3 Å². The van der Waals surface area contributed by atoms with E-state index in [0.717, 1.165) is 10.2 Å². The van der Waals surface area contributed by atoms with Crippen molar-refractivity contribution in [3.63, 3.8) is 0 Å². The van der Waals surface area contributed by atoms with Gasteiger partial charge in [0, 0.05) is 12.3 Å². The molecule has 6 nitrogen and oxygen atoms in total. The maximum Gasteiger partial charge on any atom is 0.283 e. The van der Waals surface area contributed by atoms with E-state index in [1.807, 2.05) is 30.3 Å². The molecule has 0 bridgehead atoms. The van der Waals surface area contributed by atoms with Crippen molar-refractivity contribution in [3.05, 3.63) is 53.2 Å². The van der Waals surface area contributed by atoms with Gasteiger partial charge in [0.05, 0.1) is 28.9 Å². The van der Waals surface area contributed by atoms with E-state index in [1.54, 1.807) is 17.0 Å². The number of carbonyl (C=O) groups is 1. The van der Waals surface area contributed by atoms with Crippen LogP contribution in [-0.2, 0) is 0 Å². The lowest BCUT2D eigenvalue weighted by atomic mass is 10.1. The molecule has 24 heavy (non-hydrogen) atoms. The number of hydrogen-bond acceptors (Lipinski definition) is 6. The third-order valence-electron chi connectivity index (χ3n) is 3.76. The van der Waals surface area contributed by atoms with Gasteiger partial charge in [0.2, 0.25) is 5.88 Å². The molecule has 1 aromatic carbocycles. The van der Waals surface area contributed by atoms with E-state index in [0.29, 0.717) is 29.5 Å². The number of rotatable bonds is 3.